The van der Waals surface area contributed by atoms with E-state index in [0.29, 0.717) is 0 Å². The Hall–Kier alpha value is -0.880. The van der Waals surface area contributed by atoms with Gasteiger partial charge in [-0.1, -0.05) is 0 Å². The van der Waals surface area contributed by atoms with E-state index >= 15 is 0 Å². The molecule has 2 N–H and O–H groups in total. The first-order valence-electron chi connectivity index (χ1n) is 4.80. The predicted octanol–water partition coefficient (Wildman–Crippen LogP) is 0.585. The van der Waals surface area contributed by atoms with Gasteiger partial charge < -0.3 is 5.73 Å². The van der Waals surface area contributed by atoms with Crippen molar-refractivity contribution in [2.45, 2.75) is 37.2 Å². The van der Waals surface area contributed by atoms with E-state index < -0.39 is 9.84 Å². The first-order valence-corrected chi connectivity index (χ1v) is 6.69. The predicted molar refractivity (Wildman–Crippen MR) is 58.3 cm³/mol. The zero-order chi connectivity index (χ0) is 11.6. The van der Waals surface area contributed by atoms with Crippen molar-refractivity contribution in [3.63, 3.8) is 0 Å². The lowest BCUT2D eigenvalue weighted by atomic mass is 10.1. The number of nitrogens with zero attached hydrogens (tertiary/aromatic N) is 2. The quantitative estimate of drug-likeness (QED) is 0.822. The first kappa shape index (κ1) is 12.2. The highest BCUT2D eigenvalue weighted by molar-refractivity contribution is 7.90. The van der Waals surface area contributed by atoms with Gasteiger partial charge in [0.25, 0.3) is 0 Å². The molecule has 2 atom stereocenters. The van der Waals surface area contributed by atoms with Gasteiger partial charge in [0.15, 0.2) is 9.84 Å². The minimum Gasteiger partial charge on any atom is -0.328 e. The van der Waals surface area contributed by atoms with Crippen molar-refractivity contribution in [1.82, 2.24) is 9.78 Å². The van der Waals surface area contributed by atoms with Crippen molar-refractivity contribution >= 4 is 9.84 Å². The van der Waals surface area contributed by atoms with Gasteiger partial charge in [0, 0.05) is 18.5 Å². The molecular formula is C9H17N3O2S. The van der Waals surface area contributed by atoms with E-state index in [0.717, 1.165) is 6.42 Å². The van der Waals surface area contributed by atoms with Crippen LogP contribution >= 0.6 is 0 Å². The van der Waals surface area contributed by atoms with Crippen molar-refractivity contribution in [1.29, 1.82) is 0 Å². The highest BCUT2D eigenvalue weighted by Crippen LogP contribution is 2.14. The summed E-state index contributed by atoms with van der Waals surface area (Å²) in [7, 11) is -3.16. The molecule has 0 fully saturated rings. The molecule has 0 aliphatic carbocycles. The van der Waals surface area contributed by atoms with Crippen LogP contribution in [0.15, 0.2) is 17.3 Å². The van der Waals surface area contributed by atoms with Crippen LogP contribution < -0.4 is 5.73 Å². The molecule has 6 heteroatoms. The second kappa shape index (κ2) is 4.32. The van der Waals surface area contributed by atoms with Gasteiger partial charge in [-0.05, 0) is 20.3 Å². The number of aromatic nitrogens is 2. The van der Waals surface area contributed by atoms with E-state index in [1.54, 1.807) is 10.9 Å². The number of sulfone groups is 1. The second-order valence-corrected chi connectivity index (χ2v) is 6.01. The lowest BCUT2D eigenvalue weighted by Crippen LogP contribution is -2.20. The fourth-order valence-electron chi connectivity index (χ4n) is 1.40. The van der Waals surface area contributed by atoms with Gasteiger partial charge in [0.1, 0.15) is 4.90 Å². The molecule has 1 aromatic rings. The van der Waals surface area contributed by atoms with Gasteiger partial charge in [-0.3, -0.25) is 4.68 Å². The molecule has 5 nitrogen and oxygen atoms in total. The van der Waals surface area contributed by atoms with Gasteiger partial charge >= 0.3 is 0 Å². The smallest absolute Gasteiger partial charge is 0.178 e. The zero-order valence-electron chi connectivity index (χ0n) is 9.21. The van der Waals surface area contributed by atoms with Gasteiger partial charge in [0.2, 0.25) is 0 Å². The van der Waals surface area contributed by atoms with E-state index in [4.69, 9.17) is 5.73 Å². The normalized spacial score (nSPS) is 16.3. The molecule has 1 rings (SSSR count). The summed E-state index contributed by atoms with van der Waals surface area (Å²) in [4.78, 5) is 0.249. The molecule has 2 unspecified atom stereocenters. The van der Waals surface area contributed by atoms with E-state index in [9.17, 15) is 8.42 Å². The fraction of sp³-hybridized carbons (Fsp3) is 0.667. The zero-order valence-corrected chi connectivity index (χ0v) is 10.0. The third-order valence-corrected chi connectivity index (χ3v) is 3.24. The molecule has 1 aromatic heterocycles. The number of hydrogen-bond donors (Lipinski definition) is 1. The lowest BCUT2D eigenvalue weighted by Gasteiger charge is -2.13. The van der Waals surface area contributed by atoms with Crippen molar-refractivity contribution in [3.8, 4) is 0 Å². The average molecular weight is 231 g/mol. The SMILES string of the molecule is CC(N)CC(C)n1cc(S(C)(=O)=O)cn1. The Morgan fingerprint density at radius 3 is 2.53 bits per heavy atom. The first-order chi connectivity index (χ1) is 6.80. The molecule has 1 heterocycles. The molecule has 0 saturated heterocycles. The van der Waals surface area contributed by atoms with Crippen LogP contribution in [-0.2, 0) is 9.84 Å². The average Bonchev–Trinajstić information content (AvgIpc) is 2.48. The van der Waals surface area contributed by atoms with E-state index in [-0.39, 0.29) is 17.0 Å². The lowest BCUT2D eigenvalue weighted by molar-refractivity contribution is 0.428. The Kier molecular flexibility index (Phi) is 3.51. The molecule has 0 radical (unpaired) electrons. The molecule has 0 bridgehead atoms. The largest absolute Gasteiger partial charge is 0.328 e. The summed E-state index contributed by atoms with van der Waals surface area (Å²) < 4.78 is 24.1. The van der Waals surface area contributed by atoms with Gasteiger partial charge in [-0.25, -0.2) is 8.42 Å². The van der Waals surface area contributed by atoms with Crippen LogP contribution in [-0.4, -0.2) is 30.5 Å². The van der Waals surface area contributed by atoms with Crippen molar-refractivity contribution in [3.05, 3.63) is 12.4 Å². The van der Waals surface area contributed by atoms with Crippen molar-refractivity contribution in [2.75, 3.05) is 6.26 Å². The van der Waals surface area contributed by atoms with Crippen molar-refractivity contribution < 1.29 is 8.42 Å². The van der Waals surface area contributed by atoms with Crippen molar-refractivity contribution in [2.24, 2.45) is 5.73 Å². The molecule has 86 valence electrons. The molecule has 0 aliphatic rings. The molecule has 0 saturated carbocycles. The number of hydrogen-bond acceptors (Lipinski definition) is 4. The number of rotatable bonds is 4. The van der Waals surface area contributed by atoms with Gasteiger partial charge in [0.05, 0.1) is 12.2 Å². The highest BCUT2D eigenvalue weighted by atomic mass is 32.2. The summed E-state index contributed by atoms with van der Waals surface area (Å²) in [5.41, 5.74) is 5.66. The summed E-state index contributed by atoms with van der Waals surface area (Å²) >= 11 is 0. The molecule has 15 heavy (non-hydrogen) atoms. The van der Waals surface area contributed by atoms with Crippen LogP contribution in [0.4, 0.5) is 0 Å². The summed E-state index contributed by atoms with van der Waals surface area (Å²) in [6.45, 7) is 3.87. The van der Waals surface area contributed by atoms with E-state index in [1.807, 2.05) is 13.8 Å². The Labute approximate surface area is 90.2 Å². The standard InChI is InChI=1S/C9H17N3O2S/c1-7(10)4-8(2)12-6-9(5-11-12)15(3,13)14/h5-8H,4,10H2,1-3H3. The van der Waals surface area contributed by atoms with E-state index in [1.165, 1.54) is 12.5 Å². The summed E-state index contributed by atoms with van der Waals surface area (Å²) in [6.07, 6.45) is 4.85. The molecule has 0 spiro atoms. The fourth-order valence-corrected chi connectivity index (χ4v) is 1.94. The monoisotopic (exact) mass is 231 g/mol. The Balaban J connectivity index is 2.85. The number of nitrogens with two attached hydrogens (primary N) is 1. The summed E-state index contributed by atoms with van der Waals surface area (Å²) in [6, 6.07) is 0.186. The Bertz CT molecular complexity index is 422. The Morgan fingerprint density at radius 1 is 1.53 bits per heavy atom. The maximum absolute atomic E-state index is 11.2. The minimum atomic E-state index is -3.16. The van der Waals surface area contributed by atoms with Crippen LogP contribution in [0.3, 0.4) is 0 Å². The summed E-state index contributed by atoms with van der Waals surface area (Å²) in [5.74, 6) is 0. The third kappa shape index (κ3) is 3.32. The third-order valence-electron chi connectivity index (χ3n) is 2.17. The highest BCUT2D eigenvalue weighted by Gasteiger charge is 2.13. The molecule has 0 aliphatic heterocycles. The van der Waals surface area contributed by atoms with Crippen LogP contribution in [0.2, 0.25) is 0 Å². The minimum absolute atomic E-state index is 0.0749. The second-order valence-electron chi connectivity index (χ2n) is 3.99. The van der Waals surface area contributed by atoms with Crippen LogP contribution in [0.25, 0.3) is 0 Å². The molecular weight excluding hydrogens is 214 g/mol. The maximum atomic E-state index is 11.2. The van der Waals surface area contributed by atoms with Crippen LogP contribution in [0, 0.1) is 0 Å². The van der Waals surface area contributed by atoms with Gasteiger partial charge in [-0.2, -0.15) is 5.10 Å². The Morgan fingerprint density at radius 2 is 2.13 bits per heavy atom. The van der Waals surface area contributed by atoms with Crippen LogP contribution in [0.1, 0.15) is 26.3 Å². The van der Waals surface area contributed by atoms with Gasteiger partial charge in [-0.15, -0.1) is 0 Å². The molecule has 0 amide bonds. The van der Waals surface area contributed by atoms with E-state index in [2.05, 4.69) is 5.10 Å². The topological polar surface area (TPSA) is 78.0 Å². The van der Waals surface area contributed by atoms with Crippen LogP contribution in [0.5, 0.6) is 0 Å². The molecule has 0 aromatic carbocycles. The maximum Gasteiger partial charge on any atom is 0.178 e. The summed E-state index contributed by atoms with van der Waals surface area (Å²) in [5, 5.41) is 4.02.